The van der Waals surface area contributed by atoms with Crippen LogP contribution in [0, 0.1) is 36.0 Å². The molecule has 6 rings (SSSR count). The first kappa shape index (κ1) is 16.3. The third-order valence-corrected chi connectivity index (χ3v) is 6.64. The molecule has 6 heteroatoms. The summed E-state index contributed by atoms with van der Waals surface area (Å²) in [5.74, 6) is -3.35. The van der Waals surface area contributed by atoms with Gasteiger partial charge in [0.15, 0.2) is 0 Å². The zero-order chi connectivity index (χ0) is 19.5. The molecule has 0 radical (unpaired) electrons. The second-order valence-corrected chi connectivity index (χ2v) is 7.93. The number of halogens is 5. The number of benzene rings is 3. The Morgan fingerprint density at radius 2 is 0.857 bits per heavy atom. The van der Waals surface area contributed by atoms with E-state index in [-0.39, 0.29) is 36.0 Å². The van der Waals surface area contributed by atoms with Crippen LogP contribution in [0.4, 0.5) is 22.0 Å². The maximum atomic E-state index is 14.9. The average molecular weight is 382 g/mol. The molecule has 3 aliphatic rings. The Hall–Kier alpha value is -2.63. The number of rotatable bonds is 0. The van der Waals surface area contributed by atoms with Crippen LogP contribution < -0.4 is 16.4 Å². The summed E-state index contributed by atoms with van der Waals surface area (Å²) in [5.41, 5.74) is 4.30. The molecule has 3 heterocycles. The van der Waals surface area contributed by atoms with Crippen molar-refractivity contribution in [2.24, 2.45) is 0 Å². The van der Waals surface area contributed by atoms with Crippen LogP contribution >= 0.6 is 0 Å². The SMILES string of the molecule is Cc1cc(F)c2c3c1Cc1c(F)cc(F)c4c1B3c1c(c(F)cc(F)c1C4)C2. The quantitative estimate of drug-likeness (QED) is 0.280. The van der Waals surface area contributed by atoms with Gasteiger partial charge in [-0.2, -0.15) is 0 Å². The van der Waals surface area contributed by atoms with Crippen LogP contribution in [0.1, 0.15) is 38.9 Å². The van der Waals surface area contributed by atoms with Gasteiger partial charge in [0.2, 0.25) is 6.71 Å². The second kappa shape index (κ2) is 5.05. The van der Waals surface area contributed by atoms with Gasteiger partial charge in [0.25, 0.3) is 0 Å². The Kier molecular flexibility index (Phi) is 2.94. The summed E-state index contributed by atoms with van der Waals surface area (Å²) in [7, 11) is 0. The molecule has 0 aromatic heterocycles. The van der Waals surface area contributed by atoms with E-state index in [0.717, 1.165) is 17.7 Å². The highest BCUT2D eigenvalue weighted by Gasteiger charge is 2.46. The van der Waals surface area contributed by atoms with E-state index in [1.165, 1.54) is 6.07 Å². The molecule has 0 amide bonds. The summed E-state index contributed by atoms with van der Waals surface area (Å²) >= 11 is 0. The van der Waals surface area contributed by atoms with Crippen LogP contribution in [0.2, 0.25) is 0 Å². The molecule has 0 spiro atoms. The summed E-state index contributed by atoms with van der Waals surface area (Å²) in [6.45, 7) is 1.01. The first-order chi connectivity index (χ1) is 13.4. The molecule has 0 saturated carbocycles. The lowest BCUT2D eigenvalue weighted by Gasteiger charge is -2.40. The molecule has 3 aromatic carbocycles. The Morgan fingerprint density at radius 3 is 1.29 bits per heavy atom. The van der Waals surface area contributed by atoms with Crippen molar-refractivity contribution < 1.29 is 22.0 Å². The molecular weight excluding hydrogens is 370 g/mol. The van der Waals surface area contributed by atoms with Crippen LogP contribution in [0.3, 0.4) is 0 Å². The number of aryl methyl sites for hydroxylation is 1. The normalized spacial score (nSPS) is 15.0. The number of hydrogen-bond donors (Lipinski definition) is 0. The lowest BCUT2D eigenvalue weighted by molar-refractivity contribution is 0.556. The lowest BCUT2D eigenvalue weighted by Crippen LogP contribution is -2.66. The fourth-order valence-electron chi connectivity index (χ4n) is 5.48. The molecule has 3 aliphatic heterocycles. The number of hydrogen-bond acceptors (Lipinski definition) is 0. The van der Waals surface area contributed by atoms with Gasteiger partial charge in [0.1, 0.15) is 29.1 Å². The summed E-state index contributed by atoms with van der Waals surface area (Å²) in [6.07, 6.45) is 0.183. The van der Waals surface area contributed by atoms with E-state index in [4.69, 9.17) is 0 Å². The van der Waals surface area contributed by atoms with Gasteiger partial charge in [-0.05, 0) is 58.4 Å². The predicted octanol–water partition coefficient (Wildman–Crippen LogP) is 2.92. The molecule has 0 aliphatic carbocycles. The third-order valence-electron chi connectivity index (χ3n) is 6.64. The minimum absolute atomic E-state index is 0.0157. The van der Waals surface area contributed by atoms with Gasteiger partial charge in [0.05, 0.1) is 0 Å². The Balaban J connectivity index is 1.84. The van der Waals surface area contributed by atoms with E-state index >= 15 is 0 Å². The van der Waals surface area contributed by atoms with Gasteiger partial charge in [-0.15, -0.1) is 0 Å². The van der Waals surface area contributed by atoms with Crippen LogP contribution in [0.25, 0.3) is 0 Å². The zero-order valence-corrected chi connectivity index (χ0v) is 14.8. The highest BCUT2D eigenvalue weighted by molar-refractivity contribution is 6.98. The summed E-state index contributed by atoms with van der Waals surface area (Å²) in [6, 6.07) is 3.02. The van der Waals surface area contributed by atoms with Crippen molar-refractivity contribution >= 4 is 23.1 Å². The van der Waals surface area contributed by atoms with Crippen molar-refractivity contribution in [1.29, 1.82) is 0 Å². The maximum Gasteiger partial charge on any atom is 0.244 e. The fraction of sp³-hybridized carbons (Fsp3) is 0.182. The third kappa shape index (κ3) is 1.77. The van der Waals surface area contributed by atoms with Gasteiger partial charge in [-0.1, -0.05) is 16.4 Å². The molecule has 3 aromatic rings. The van der Waals surface area contributed by atoms with Crippen molar-refractivity contribution in [3.05, 3.63) is 86.2 Å². The molecule has 138 valence electrons. The standard InChI is InChI=1S/C22H12BF5/c1-8-2-15(24)11-4-12-18(27)7-19(28)14-5-13-17(26)6-16(25)10-3-9(8)20(11)23(21(10)13)22(12)14/h2,6-7H,3-5H2,1H3. The minimum Gasteiger partial charge on any atom is -0.207 e. The van der Waals surface area contributed by atoms with E-state index in [1.54, 1.807) is 6.92 Å². The zero-order valence-electron chi connectivity index (χ0n) is 14.8. The first-order valence-electron chi connectivity index (χ1n) is 9.16. The lowest BCUT2D eigenvalue weighted by atomic mass is 9.27. The van der Waals surface area contributed by atoms with E-state index in [2.05, 4.69) is 0 Å². The van der Waals surface area contributed by atoms with Gasteiger partial charge >= 0.3 is 0 Å². The van der Waals surface area contributed by atoms with Crippen molar-refractivity contribution in [2.45, 2.75) is 26.2 Å². The van der Waals surface area contributed by atoms with Crippen LogP contribution in [0.15, 0.2) is 18.2 Å². The molecule has 0 saturated heterocycles. The Bertz CT molecular complexity index is 1030. The van der Waals surface area contributed by atoms with E-state index in [0.29, 0.717) is 33.1 Å². The molecule has 0 unspecified atom stereocenters. The van der Waals surface area contributed by atoms with Gasteiger partial charge < -0.3 is 0 Å². The molecule has 0 atom stereocenters. The first-order valence-corrected chi connectivity index (χ1v) is 9.16. The van der Waals surface area contributed by atoms with Crippen molar-refractivity contribution in [3.8, 4) is 0 Å². The van der Waals surface area contributed by atoms with E-state index in [9.17, 15) is 22.0 Å². The van der Waals surface area contributed by atoms with Gasteiger partial charge in [-0.25, -0.2) is 22.0 Å². The largest absolute Gasteiger partial charge is 0.244 e. The smallest absolute Gasteiger partial charge is 0.207 e. The predicted molar refractivity (Wildman–Crippen MR) is 96.9 cm³/mol. The monoisotopic (exact) mass is 382 g/mol. The molecular formula is C22H12BF5. The Labute approximate surface area is 158 Å². The highest BCUT2D eigenvalue weighted by atomic mass is 19.1. The topological polar surface area (TPSA) is 0 Å². The molecule has 0 nitrogen and oxygen atoms in total. The summed E-state index contributed by atoms with van der Waals surface area (Å²) in [5, 5.41) is 0. The average Bonchev–Trinajstić information content (AvgIpc) is 2.65. The maximum absolute atomic E-state index is 14.9. The second-order valence-electron chi connectivity index (χ2n) is 7.93. The summed E-state index contributed by atoms with van der Waals surface area (Å²) in [4.78, 5) is 0. The van der Waals surface area contributed by atoms with Crippen LogP contribution in [-0.2, 0) is 19.3 Å². The van der Waals surface area contributed by atoms with Gasteiger partial charge in [0, 0.05) is 25.0 Å². The van der Waals surface area contributed by atoms with Crippen molar-refractivity contribution in [3.63, 3.8) is 0 Å². The molecule has 0 fully saturated rings. The van der Waals surface area contributed by atoms with Gasteiger partial charge in [-0.3, -0.25) is 0 Å². The van der Waals surface area contributed by atoms with E-state index in [1.807, 2.05) is 0 Å². The van der Waals surface area contributed by atoms with Crippen molar-refractivity contribution in [1.82, 2.24) is 0 Å². The molecule has 28 heavy (non-hydrogen) atoms. The minimum atomic E-state index is -0.740. The Morgan fingerprint density at radius 1 is 0.536 bits per heavy atom. The van der Waals surface area contributed by atoms with E-state index < -0.39 is 35.8 Å². The molecule has 0 bridgehead atoms. The van der Waals surface area contributed by atoms with Crippen LogP contribution in [-0.4, -0.2) is 6.71 Å². The molecule has 0 N–H and O–H groups in total. The highest BCUT2D eigenvalue weighted by Crippen LogP contribution is 2.34. The van der Waals surface area contributed by atoms with Crippen LogP contribution in [0.5, 0.6) is 0 Å². The van der Waals surface area contributed by atoms with Crippen molar-refractivity contribution in [2.75, 3.05) is 0 Å². The fourth-order valence-corrected chi connectivity index (χ4v) is 5.48. The summed E-state index contributed by atoms with van der Waals surface area (Å²) < 4.78 is 73.7.